The number of hydrogen-bond acceptors (Lipinski definition) is 6. The molecule has 7 rings (SSSR count). The molecule has 114 heavy (non-hydrogen) atoms. The Hall–Kier alpha value is -6.21. The van der Waals surface area contributed by atoms with Crippen LogP contribution in [0.5, 0.6) is 23.0 Å². The predicted octanol–water partition coefficient (Wildman–Crippen LogP) is 33.1. The van der Waals surface area contributed by atoms with Gasteiger partial charge in [0.1, 0.15) is 39.1 Å². The summed E-state index contributed by atoms with van der Waals surface area (Å²) in [5.41, 5.74) is 22.1. The van der Waals surface area contributed by atoms with Crippen LogP contribution in [0, 0.1) is 22.9 Å². The van der Waals surface area contributed by atoms with E-state index in [-0.39, 0.29) is 0 Å². The zero-order valence-electron chi connectivity index (χ0n) is 74.6. The number of aromatic nitrogens is 4. The number of hydrogen-bond donors (Lipinski definition) is 2. The first-order valence-corrected chi connectivity index (χ1v) is 53.4. The minimum Gasteiger partial charge on any atom is -0.493 e. The Morgan fingerprint density at radius 3 is 0.728 bits per heavy atom. The van der Waals surface area contributed by atoms with Gasteiger partial charge in [0.25, 0.3) is 0 Å². The minimum absolute atomic E-state index is 0.654. The zero-order valence-corrected chi connectivity index (χ0v) is 76.6. The fourth-order valence-corrected chi connectivity index (χ4v) is 25.6. The molecule has 0 unspecified atom stereocenters. The van der Waals surface area contributed by atoms with Crippen LogP contribution < -0.4 is 18.9 Å². The van der Waals surface area contributed by atoms with Gasteiger partial charge in [-0.1, -0.05) is 364 Å². The second-order valence-corrected chi connectivity index (χ2v) is 42.9. The third-order valence-electron chi connectivity index (χ3n) is 24.1. The summed E-state index contributed by atoms with van der Waals surface area (Å²) in [6.07, 6.45) is 68.1. The zero-order chi connectivity index (χ0) is 80.8. The molecule has 0 aliphatic carbocycles. The van der Waals surface area contributed by atoms with Crippen molar-refractivity contribution in [3.8, 4) is 68.2 Å². The van der Waals surface area contributed by atoms with E-state index in [0.717, 1.165) is 153 Å². The first-order valence-electron chi connectivity index (χ1n) is 48.2. The summed E-state index contributed by atoms with van der Waals surface area (Å²) in [6, 6.07) is 30.0. The summed E-state index contributed by atoms with van der Waals surface area (Å²) >= 11 is 0. The van der Waals surface area contributed by atoms with Gasteiger partial charge in [-0.05, 0) is 146 Å². The van der Waals surface area contributed by atoms with E-state index in [9.17, 15) is 0 Å². The number of nitrogens with zero attached hydrogens (tertiary/aromatic N) is 2. The van der Waals surface area contributed by atoms with Crippen LogP contribution >= 0.6 is 0 Å². The third kappa shape index (κ3) is 34.4. The van der Waals surface area contributed by atoms with Crippen molar-refractivity contribution in [3.63, 3.8) is 0 Å². The average molecular weight is 1590 g/mol. The van der Waals surface area contributed by atoms with Crippen LogP contribution in [0.25, 0.3) is 68.6 Å². The van der Waals surface area contributed by atoms with E-state index in [1.165, 1.54) is 293 Å². The number of nitrogens with one attached hydrogen (secondary N) is 2. The van der Waals surface area contributed by atoms with Gasteiger partial charge in [0, 0.05) is 34.3 Å². The summed E-state index contributed by atoms with van der Waals surface area (Å²) in [4.78, 5) is 20.3. The van der Waals surface area contributed by atoms with Crippen LogP contribution in [0.15, 0.2) is 60.7 Å². The summed E-state index contributed by atoms with van der Waals surface area (Å²) in [7, 11) is -4.37. The minimum atomic E-state index is -2.19. The van der Waals surface area contributed by atoms with Gasteiger partial charge in [0.15, 0.2) is 0 Å². The maximum Gasteiger partial charge on any atom is 0.138 e. The maximum absolute atomic E-state index is 6.90. The van der Waals surface area contributed by atoms with Crippen molar-refractivity contribution in [1.82, 2.24) is 19.9 Å². The molecule has 5 aromatic rings. The molecule has 10 heteroatoms. The van der Waals surface area contributed by atoms with Crippen molar-refractivity contribution in [2.24, 2.45) is 0 Å². The van der Waals surface area contributed by atoms with E-state index >= 15 is 0 Å². The number of ether oxygens (including phenoxy) is 4. The van der Waals surface area contributed by atoms with Gasteiger partial charge >= 0.3 is 0 Å². The van der Waals surface area contributed by atoms with Crippen LogP contribution in [-0.2, 0) is 0 Å². The van der Waals surface area contributed by atoms with Gasteiger partial charge in [-0.3, -0.25) is 0 Å². The Kier molecular flexibility index (Phi) is 48.1. The normalized spacial score (nSPS) is 12.0. The summed E-state index contributed by atoms with van der Waals surface area (Å²) in [5, 5.41) is 0. The highest BCUT2D eigenvalue weighted by Gasteiger charge is 2.32. The fourth-order valence-electron chi connectivity index (χ4n) is 17.0. The average Bonchev–Trinajstić information content (AvgIpc) is 1.61. The van der Waals surface area contributed by atoms with Crippen molar-refractivity contribution in [3.05, 3.63) is 94.6 Å². The van der Waals surface area contributed by atoms with Gasteiger partial charge in [-0.25, -0.2) is 9.97 Å². The molecule has 630 valence electrons. The number of fused-ring (bicyclic) bond motifs is 8. The molecule has 2 N–H and O–H groups in total. The number of H-pyrrole nitrogens is 2. The quantitative estimate of drug-likeness (QED) is 0.0224. The van der Waals surface area contributed by atoms with Gasteiger partial charge in [0.05, 0.1) is 71.4 Å². The Morgan fingerprint density at radius 1 is 0.254 bits per heavy atom. The molecule has 2 aromatic carbocycles. The highest BCUT2D eigenvalue weighted by molar-refractivity contribution is 6.87. The topological polar surface area (TPSA) is 94.3 Å². The lowest BCUT2D eigenvalue weighted by molar-refractivity contribution is 0.289. The second-order valence-electron chi connectivity index (χ2n) is 34.3. The molecular weight excluding hydrogens is 1430 g/mol. The van der Waals surface area contributed by atoms with Gasteiger partial charge in [0.2, 0.25) is 0 Å². The number of rotatable bonds is 64. The highest BCUT2D eigenvalue weighted by atomic mass is 28.3. The first kappa shape index (κ1) is 94.9. The molecule has 0 spiro atoms. The van der Waals surface area contributed by atoms with Crippen molar-refractivity contribution < 1.29 is 18.9 Å². The Morgan fingerprint density at radius 2 is 0.474 bits per heavy atom. The lowest BCUT2D eigenvalue weighted by Crippen LogP contribution is -2.32. The van der Waals surface area contributed by atoms with Crippen LogP contribution in [-0.4, -0.2) is 62.5 Å². The molecule has 0 saturated carbocycles. The van der Waals surface area contributed by atoms with E-state index in [0.29, 0.717) is 26.4 Å². The Balaban J connectivity index is 1.64. The van der Waals surface area contributed by atoms with Crippen LogP contribution in [0.1, 0.15) is 411 Å². The van der Waals surface area contributed by atoms with E-state index < -0.39 is 16.1 Å². The summed E-state index contributed by atoms with van der Waals surface area (Å²) in [5.74, 6) is 11.7. The summed E-state index contributed by atoms with van der Waals surface area (Å²) < 4.78 is 27.6. The molecule has 0 atom stereocenters. The SMILES string of the molecule is CCCCCCCCOc1cc(OCCCCCCCC)cc(-c2c3nc(c(C#C[Si](CCCCCC)(CCCCCC)CCCCCC)c4ccc([nH]4)c(-c4cc(OCCCCCCCC)cc(OCCCCCCCC)c4)c4nc(c(C#C[Si](CCCCCC)(CCCCCC)CCCCCC)c5ccc2[nH]5)C=C4)C=C3)c1. The van der Waals surface area contributed by atoms with Crippen molar-refractivity contribution >= 4 is 62.5 Å². The molecule has 0 saturated heterocycles. The van der Waals surface area contributed by atoms with Crippen LogP contribution in [0.4, 0.5) is 0 Å². The standard InChI is InChI=1S/C104H162N4O4Si2/c1-11-21-31-41-45-49-69-109-89-81-87(82-90(85-89)110-70-50-46-42-32-22-12-2)103-99-63-59-95(105-99)93(67-79-113(73-53-35-25-15-5,74-54-36-26-16-6)75-55-37-27-17-7)97-61-65-101(107-97)104(88-83-91(111-71-51-47-43-33-23-13-3)86-92(84-88)112-72-52-48-44-34-24-14-4)102-66-62-98(108-102)94(96-60-64-100(103)106-96)68-80-114(76-56-38-28-18-8,77-57-39-29-19-9)78-58-40-30-20-10/h59-66,81-86,105,108H,11-58,69-78H2,1-10H3. The van der Waals surface area contributed by atoms with E-state index in [2.05, 4.69) is 187 Å². The molecule has 8 bridgehead atoms. The molecule has 5 heterocycles. The van der Waals surface area contributed by atoms with Crippen molar-refractivity contribution in [2.75, 3.05) is 26.4 Å². The fraction of sp³-hybridized carbons (Fsp3) is 0.654. The van der Waals surface area contributed by atoms with E-state index in [1.54, 1.807) is 0 Å². The Bertz CT molecular complexity index is 3450. The summed E-state index contributed by atoms with van der Waals surface area (Å²) in [6.45, 7) is 25.9. The van der Waals surface area contributed by atoms with E-state index in [4.69, 9.17) is 28.9 Å². The number of benzene rings is 2. The molecule has 8 nitrogen and oxygen atoms in total. The highest BCUT2D eigenvalue weighted by Crippen LogP contribution is 2.41. The monoisotopic (exact) mass is 1590 g/mol. The van der Waals surface area contributed by atoms with Crippen molar-refractivity contribution in [2.45, 2.75) is 414 Å². The lowest BCUT2D eigenvalue weighted by Gasteiger charge is -2.27. The lowest BCUT2D eigenvalue weighted by atomic mass is 10.0. The molecular formula is C104H162N4O4Si2. The maximum atomic E-state index is 6.90. The largest absolute Gasteiger partial charge is 0.493 e. The second kappa shape index (κ2) is 57.8. The smallest absolute Gasteiger partial charge is 0.138 e. The molecule has 0 fully saturated rings. The molecule has 2 aliphatic heterocycles. The predicted molar refractivity (Wildman–Crippen MR) is 504 cm³/mol. The molecule has 2 aliphatic rings. The van der Waals surface area contributed by atoms with Crippen molar-refractivity contribution in [1.29, 1.82) is 0 Å². The number of aromatic amines is 2. The molecule has 0 radical (unpaired) electrons. The van der Waals surface area contributed by atoms with Gasteiger partial charge < -0.3 is 28.9 Å². The van der Waals surface area contributed by atoms with E-state index in [1.807, 2.05) is 0 Å². The van der Waals surface area contributed by atoms with Crippen LogP contribution in [0.3, 0.4) is 0 Å². The number of unbranched alkanes of at least 4 members (excludes halogenated alkanes) is 38. The Labute approximate surface area is 699 Å². The third-order valence-corrected chi connectivity index (χ3v) is 33.3. The molecule has 0 amide bonds. The van der Waals surface area contributed by atoms with Crippen LogP contribution in [0.2, 0.25) is 36.3 Å². The first-order chi connectivity index (χ1) is 56.1. The van der Waals surface area contributed by atoms with Gasteiger partial charge in [-0.15, -0.1) is 11.1 Å². The molecule has 3 aromatic heterocycles. The van der Waals surface area contributed by atoms with Gasteiger partial charge in [-0.2, -0.15) is 0 Å².